The van der Waals surface area contributed by atoms with Gasteiger partial charge in [0.2, 0.25) is 17.7 Å². The maximum Gasteiger partial charge on any atom is 0.242 e. The number of benzene rings is 1. The minimum absolute atomic E-state index is 0.0195. The Morgan fingerprint density at radius 1 is 1.03 bits per heavy atom. The molecule has 1 aliphatic rings. The second-order valence-electron chi connectivity index (χ2n) is 10.6. The number of nitrogens with one attached hydrogen (secondary N) is 3. The minimum atomic E-state index is -0.634. The Morgan fingerprint density at radius 2 is 1.73 bits per heavy atom. The average Bonchev–Trinajstić information content (AvgIpc) is 2.90. The summed E-state index contributed by atoms with van der Waals surface area (Å²) >= 11 is 1.61. The molecule has 2 rings (SSSR count). The molecule has 1 fully saturated rings. The molecule has 7 nitrogen and oxygen atoms in total. The van der Waals surface area contributed by atoms with Crippen molar-refractivity contribution in [1.29, 1.82) is 0 Å². The van der Waals surface area contributed by atoms with Crippen molar-refractivity contribution in [2.75, 3.05) is 18.0 Å². The molecule has 3 atom stereocenters. The van der Waals surface area contributed by atoms with Crippen LogP contribution in [-0.4, -0.2) is 42.1 Å². The molecule has 1 aromatic carbocycles. The molecule has 0 aliphatic heterocycles. The minimum Gasteiger partial charge on any atom is -0.398 e. The molecule has 0 radical (unpaired) electrons. The maximum absolute atomic E-state index is 13.5. The number of amides is 3. The van der Waals surface area contributed by atoms with Crippen molar-refractivity contribution in [3.8, 4) is 0 Å². The van der Waals surface area contributed by atoms with Crippen LogP contribution in [0.1, 0.15) is 97.5 Å². The lowest BCUT2D eigenvalue weighted by atomic mass is 9.83. The van der Waals surface area contributed by atoms with E-state index >= 15 is 0 Å². The predicted octanol–water partition coefficient (Wildman–Crippen LogP) is 5.00. The largest absolute Gasteiger partial charge is 0.398 e. The molecular formula is C29H48N4O3S. The van der Waals surface area contributed by atoms with Gasteiger partial charge in [0.25, 0.3) is 0 Å². The summed E-state index contributed by atoms with van der Waals surface area (Å²) in [6.45, 7) is 10.4. The van der Waals surface area contributed by atoms with E-state index in [1.165, 1.54) is 12.0 Å². The Bertz CT molecular complexity index is 886. The van der Waals surface area contributed by atoms with Crippen LogP contribution in [0.4, 0.5) is 5.69 Å². The zero-order valence-electron chi connectivity index (χ0n) is 23.4. The van der Waals surface area contributed by atoms with Gasteiger partial charge in [-0.25, -0.2) is 0 Å². The van der Waals surface area contributed by atoms with E-state index in [1.54, 1.807) is 18.7 Å². The molecule has 0 spiro atoms. The Labute approximate surface area is 227 Å². The normalized spacial score (nSPS) is 16.6. The second kappa shape index (κ2) is 15.9. The Hall–Kier alpha value is -2.22. The molecule has 1 saturated carbocycles. The Balaban J connectivity index is 2.08. The van der Waals surface area contributed by atoms with Crippen molar-refractivity contribution < 1.29 is 14.4 Å². The van der Waals surface area contributed by atoms with Crippen molar-refractivity contribution in [2.45, 2.75) is 109 Å². The van der Waals surface area contributed by atoms with E-state index in [1.807, 2.05) is 26.0 Å². The van der Waals surface area contributed by atoms with Crippen molar-refractivity contribution >= 4 is 35.2 Å². The molecule has 0 bridgehead atoms. The van der Waals surface area contributed by atoms with Crippen molar-refractivity contribution in [3.05, 3.63) is 23.8 Å². The summed E-state index contributed by atoms with van der Waals surface area (Å²) in [6.07, 6.45) is 7.15. The summed E-state index contributed by atoms with van der Waals surface area (Å²) in [5, 5.41) is 9.18. The van der Waals surface area contributed by atoms with Crippen LogP contribution >= 0.6 is 11.8 Å². The van der Waals surface area contributed by atoms with Gasteiger partial charge in [-0.05, 0) is 55.2 Å². The standard InChI is InChI=1S/C29H48N4O3S/c1-6-20(5)28(35)31-18-25(21-11-9-8-10-12-21)33-29(36)24(32-27(34)7-2)15-16-37-26-17-22(19(3)4)13-14-23(26)30/h13-14,17,19-21,24-25H,6-12,15-16,18,30H2,1-5H3,(H,31,35)(H,32,34)(H,33,36)/t20?,24-,25+/m0/s1. The molecule has 1 unspecified atom stereocenters. The summed E-state index contributed by atoms with van der Waals surface area (Å²) < 4.78 is 0. The lowest BCUT2D eigenvalue weighted by Gasteiger charge is -2.32. The number of nitrogens with two attached hydrogens (primary N) is 1. The van der Waals surface area contributed by atoms with E-state index in [0.717, 1.165) is 42.7 Å². The van der Waals surface area contributed by atoms with Gasteiger partial charge in [-0.3, -0.25) is 14.4 Å². The smallest absolute Gasteiger partial charge is 0.242 e. The molecule has 1 aromatic rings. The number of nitrogen functional groups attached to an aromatic ring is 1. The topological polar surface area (TPSA) is 113 Å². The summed E-state index contributed by atoms with van der Waals surface area (Å²) in [7, 11) is 0. The van der Waals surface area contributed by atoms with Gasteiger partial charge in [0.1, 0.15) is 6.04 Å². The number of carbonyl (C=O) groups excluding carboxylic acids is 3. The molecule has 8 heteroatoms. The fraction of sp³-hybridized carbons (Fsp3) is 0.690. The monoisotopic (exact) mass is 532 g/mol. The van der Waals surface area contributed by atoms with E-state index in [4.69, 9.17) is 5.73 Å². The number of thioether (sulfide) groups is 1. The second-order valence-corrected chi connectivity index (χ2v) is 11.8. The third-order valence-electron chi connectivity index (χ3n) is 7.44. The molecule has 0 aromatic heterocycles. The van der Waals surface area contributed by atoms with Gasteiger partial charge in [0.05, 0.1) is 0 Å². The van der Waals surface area contributed by atoms with Gasteiger partial charge >= 0.3 is 0 Å². The van der Waals surface area contributed by atoms with Crippen LogP contribution in [0.2, 0.25) is 0 Å². The molecule has 0 saturated heterocycles. The van der Waals surface area contributed by atoms with Crippen LogP contribution in [0.5, 0.6) is 0 Å². The maximum atomic E-state index is 13.5. The third-order valence-corrected chi connectivity index (χ3v) is 8.55. The van der Waals surface area contributed by atoms with Crippen LogP contribution in [0, 0.1) is 11.8 Å². The molecule has 3 amide bonds. The number of anilines is 1. The fourth-order valence-electron chi connectivity index (χ4n) is 4.61. The van der Waals surface area contributed by atoms with Crippen LogP contribution < -0.4 is 21.7 Å². The average molecular weight is 533 g/mol. The highest BCUT2D eigenvalue weighted by Crippen LogP contribution is 2.30. The predicted molar refractivity (Wildman–Crippen MR) is 153 cm³/mol. The van der Waals surface area contributed by atoms with Gasteiger partial charge < -0.3 is 21.7 Å². The lowest BCUT2D eigenvalue weighted by Crippen LogP contribution is -2.55. The molecular weight excluding hydrogens is 484 g/mol. The van der Waals surface area contributed by atoms with Gasteiger partial charge in [-0.2, -0.15) is 0 Å². The summed E-state index contributed by atoms with van der Waals surface area (Å²) in [6, 6.07) is 5.32. The van der Waals surface area contributed by atoms with Crippen LogP contribution in [-0.2, 0) is 14.4 Å². The Morgan fingerprint density at radius 3 is 2.35 bits per heavy atom. The highest BCUT2D eigenvalue weighted by Gasteiger charge is 2.29. The first-order valence-corrected chi connectivity index (χ1v) is 15.0. The highest BCUT2D eigenvalue weighted by atomic mass is 32.2. The molecule has 0 heterocycles. The number of rotatable bonds is 14. The highest BCUT2D eigenvalue weighted by molar-refractivity contribution is 7.99. The fourth-order valence-corrected chi connectivity index (χ4v) is 5.64. The summed E-state index contributed by atoms with van der Waals surface area (Å²) in [5.41, 5.74) is 8.15. The quantitative estimate of drug-likeness (QED) is 0.199. The SMILES string of the molecule is CCC(=O)N[C@@H](CCSc1cc(C(C)C)ccc1N)C(=O)N[C@H](CNC(=O)C(C)CC)C1CCCCC1. The van der Waals surface area contributed by atoms with Crippen molar-refractivity contribution in [2.24, 2.45) is 11.8 Å². The molecule has 5 N–H and O–H groups in total. The number of carbonyl (C=O) groups is 3. The van der Waals surface area contributed by atoms with Crippen molar-refractivity contribution in [3.63, 3.8) is 0 Å². The third kappa shape index (κ3) is 10.2. The number of hydrogen-bond acceptors (Lipinski definition) is 5. The zero-order chi connectivity index (χ0) is 27.4. The first kappa shape index (κ1) is 31.0. The Kier molecular flexibility index (Phi) is 13.3. The van der Waals surface area contributed by atoms with E-state index in [0.29, 0.717) is 37.0 Å². The molecule has 37 heavy (non-hydrogen) atoms. The molecule has 1 aliphatic carbocycles. The lowest BCUT2D eigenvalue weighted by molar-refractivity contribution is -0.130. The van der Waals surface area contributed by atoms with E-state index in [-0.39, 0.29) is 29.7 Å². The number of hydrogen-bond donors (Lipinski definition) is 4. The van der Waals surface area contributed by atoms with E-state index in [9.17, 15) is 14.4 Å². The first-order chi connectivity index (χ1) is 17.7. The van der Waals surface area contributed by atoms with Gasteiger partial charge in [0.15, 0.2) is 0 Å². The van der Waals surface area contributed by atoms with Crippen LogP contribution in [0.25, 0.3) is 0 Å². The van der Waals surface area contributed by atoms with Crippen LogP contribution in [0.3, 0.4) is 0 Å². The first-order valence-electron chi connectivity index (χ1n) is 14.1. The van der Waals surface area contributed by atoms with Gasteiger partial charge in [-0.1, -0.05) is 59.9 Å². The van der Waals surface area contributed by atoms with Crippen LogP contribution in [0.15, 0.2) is 23.1 Å². The zero-order valence-corrected chi connectivity index (χ0v) is 24.2. The summed E-state index contributed by atoms with van der Waals surface area (Å²) in [5.74, 6) is 1.01. The van der Waals surface area contributed by atoms with Gasteiger partial charge in [0, 0.05) is 41.3 Å². The van der Waals surface area contributed by atoms with E-state index in [2.05, 4.69) is 35.9 Å². The summed E-state index contributed by atoms with van der Waals surface area (Å²) in [4.78, 5) is 39.2. The van der Waals surface area contributed by atoms with Crippen molar-refractivity contribution in [1.82, 2.24) is 16.0 Å². The molecule has 208 valence electrons. The van der Waals surface area contributed by atoms with E-state index < -0.39 is 6.04 Å². The van der Waals surface area contributed by atoms with Gasteiger partial charge in [-0.15, -0.1) is 11.8 Å².